The van der Waals surface area contributed by atoms with Crippen molar-refractivity contribution >= 4 is 43.5 Å². The highest BCUT2D eigenvalue weighted by Gasteiger charge is 2.31. The van der Waals surface area contributed by atoms with Crippen LogP contribution in [0.2, 0.25) is 0 Å². The van der Waals surface area contributed by atoms with Crippen LogP contribution in [0.5, 0.6) is 0 Å². The number of thiophene rings is 1. The summed E-state index contributed by atoms with van der Waals surface area (Å²) in [6, 6.07) is 7.13. The molecule has 8 nitrogen and oxygen atoms in total. The number of aryl methyl sites for hydroxylation is 1. The molecule has 1 saturated heterocycles. The number of carbonyl (C=O) groups excluding carboxylic acids is 2. The zero-order valence-corrected chi connectivity index (χ0v) is 18.8. The predicted molar refractivity (Wildman–Crippen MR) is 121 cm³/mol. The first-order valence-corrected chi connectivity index (χ1v) is 11.4. The predicted octanol–water partition coefficient (Wildman–Crippen LogP) is 3.17. The molecule has 31 heavy (non-hydrogen) atoms. The first-order chi connectivity index (χ1) is 15.0. The van der Waals surface area contributed by atoms with E-state index in [0.29, 0.717) is 44.6 Å². The van der Waals surface area contributed by atoms with Gasteiger partial charge < -0.3 is 14.5 Å². The molecule has 2 aromatic heterocycles. The molecule has 3 aromatic rings. The van der Waals surface area contributed by atoms with Gasteiger partial charge in [0.1, 0.15) is 6.04 Å². The lowest BCUT2D eigenvalue weighted by molar-refractivity contribution is -0.137. The third-order valence-electron chi connectivity index (χ3n) is 5.69. The van der Waals surface area contributed by atoms with Gasteiger partial charge in [0.15, 0.2) is 0 Å². The van der Waals surface area contributed by atoms with Crippen molar-refractivity contribution in [3.05, 3.63) is 40.3 Å². The van der Waals surface area contributed by atoms with Crippen LogP contribution in [0.1, 0.15) is 32.0 Å². The maximum Gasteiger partial charge on any atom is 0.409 e. The Morgan fingerprint density at radius 3 is 2.48 bits per heavy atom. The lowest BCUT2D eigenvalue weighted by Gasteiger charge is -2.35. The van der Waals surface area contributed by atoms with Crippen molar-refractivity contribution in [3.63, 3.8) is 0 Å². The highest BCUT2D eigenvalue weighted by Crippen LogP contribution is 2.33. The summed E-state index contributed by atoms with van der Waals surface area (Å²) >= 11 is 1.55. The average Bonchev–Trinajstić information content (AvgIpc) is 3.18. The van der Waals surface area contributed by atoms with E-state index in [0.717, 1.165) is 20.5 Å². The van der Waals surface area contributed by atoms with Crippen molar-refractivity contribution < 1.29 is 14.3 Å². The van der Waals surface area contributed by atoms with Gasteiger partial charge >= 0.3 is 6.09 Å². The van der Waals surface area contributed by atoms with Gasteiger partial charge in [-0.05, 0) is 26.3 Å². The Morgan fingerprint density at radius 1 is 1.13 bits per heavy atom. The highest BCUT2D eigenvalue weighted by molar-refractivity contribution is 7.26. The molecule has 0 aliphatic carbocycles. The monoisotopic (exact) mass is 442 g/mol. The Morgan fingerprint density at radius 2 is 1.81 bits per heavy atom. The van der Waals surface area contributed by atoms with Gasteiger partial charge in [0.25, 0.3) is 5.56 Å². The molecule has 4 rings (SSSR count). The zero-order chi connectivity index (χ0) is 22.1. The summed E-state index contributed by atoms with van der Waals surface area (Å²) in [5.41, 5.74) is 0.512. The Hall–Kier alpha value is -2.94. The van der Waals surface area contributed by atoms with Crippen LogP contribution in [0.15, 0.2) is 29.1 Å². The first-order valence-electron chi connectivity index (χ1n) is 10.6. The fraction of sp³-hybridized carbons (Fsp3) is 0.455. The summed E-state index contributed by atoms with van der Waals surface area (Å²) < 4.78 is 8.30. The highest BCUT2D eigenvalue weighted by atomic mass is 32.1. The topological polar surface area (TPSA) is 84.7 Å². The molecule has 0 spiro atoms. The van der Waals surface area contributed by atoms with Crippen molar-refractivity contribution in [3.8, 4) is 0 Å². The van der Waals surface area contributed by atoms with Crippen molar-refractivity contribution in [2.24, 2.45) is 0 Å². The molecule has 1 atom stereocenters. The quantitative estimate of drug-likeness (QED) is 0.620. The summed E-state index contributed by atoms with van der Waals surface area (Å²) in [6.45, 7) is 7.50. The van der Waals surface area contributed by atoms with Gasteiger partial charge in [-0.25, -0.2) is 9.48 Å². The van der Waals surface area contributed by atoms with E-state index < -0.39 is 6.04 Å². The molecule has 164 valence electrons. The van der Waals surface area contributed by atoms with Crippen LogP contribution in [-0.2, 0) is 9.53 Å². The van der Waals surface area contributed by atoms with Crippen LogP contribution in [-0.4, -0.2) is 64.4 Å². The van der Waals surface area contributed by atoms with E-state index in [1.54, 1.807) is 28.1 Å². The van der Waals surface area contributed by atoms with E-state index >= 15 is 0 Å². The second kappa shape index (κ2) is 8.66. The maximum absolute atomic E-state index is 13.4. The second-order valence-electron chi connectivity index (χ2n) is 7.57. The molecular formula is C22H26N4O4S. The van der Waals surface area contributed by atoms with Crippen molar-refractivity contribution in [2.45, 2.75) is 33.2 Å². The SMILES string of the molecule is CCOC(=O)N1CCN(C(=O)[C@@H](CC)n2nc(C)c3sc4ccccc4c3c2=O)CC1. The summed E-state index contributed by atoms with van der Waals surface area (Å²) in [5, 5.41) is 6.06. The molecule has 1 aromatic carbocycles. The number of carbonyl (C=O) groups is 2. The standard InChI is InChI=1S/C22H26N4O4S/c1-4-16(20(27)24-10-12-25(13-11-24)22(29)30-5-2)26-21(28)18-15-8-6-7-9-17(15)31-19(18)14(3)23-26/h6-9,16H,4-5,10-13H2,1-3H3/t16-/m1/s1. The molecule has 9 heteroatoms. The van der Waals surface area contributed by atoms with Crippen molar-refractivity contribution in [2.75, 3.05) is 32.8 Å². The van der Waals surface area contributed by atoms with Crippen LogP contribution in [0.25, 0.3) is 20.2 Å². The summed E-state index contributed by atoms with van der Waals surface area (Å²) in [6.07, 6.45) is 0.0987. The van der Waals surface area contributed by atoms with Gasteiger partial charge in [-0.3, -0.25) is 9.59 Å². The third-order valence-corrected chi connectivity index (χ3v) is 6.97. The largest absolute Gasteiger partial charge is 0.450 e. The Kier molecular flexibility index (Phi) is 5.95. The van der Waals surface area contributed by atoms with Crippen LogP contribution >= 0.6 is 11.3 Å². The fourth-order valence-corrected chi connectivity index (χ4v) is 5.21. The van der Waals surface area contributed by atoms with E-state index in [1.165, 1.54) is 4.68 Å². The molecule has 1 aliphatic rings. The van der Waals surface area contributed by atoms with Crippen LogP contribution in [0, 0.1) is 6.92 Å². The Balaban J connectivity index is 1.64. The van der Waals surface area contributed by atoms with Crippen LogP contribution in [0.3, 0.4) is 0 Å². The lowest BCUT2D eigenvalue weighted by atomic mass is 10.1. The minimum absolute atomic E-state index is 0.140. The van der Waals surface area contributed by atoms with E-state index in [1.807, 2.05) is 38.1 Å². The third kappa shape index (κ3) is 3.78. The first kappa shape index (κ1) is 21.3. The molecule has 0 N–H and O–H groups in total. The molecule has 0 bridgehead atoms. The fourth-order valence-electron chi connectivity index (χ4n) is 4.08. The Bertz CT molecular complexity index is 1190. The second-order valence-corrected chi connectivity index (χ2v) is 8.62. The van der Waals surface area contributed by atoms with E-state index in [2.05, 4.69) is 5.10 Å². The van der Waals surface area contributed by atoms with Crippen LogP contribution < -0.4 is 5.56 Å². The minimum atomic E-state index is -0.677. The van der Waals surface area contributed by atoms with Gasteiger partial charge in [-0.15, -0.1) is 11.3 Å². The summed E-state index contributed by atoms with van der Waals surface area (Å²) in [4.78, 5) is 42.0. The number of aromatic nitrogens is 2. The Labute approximate surface area is 184 Å². The molecule has 1 aliphatic heterocycles. The number of ether oxygens (including phenoxy) is 1. The molecule has 3 heterocycles. The van der Waals surface area contributed by atoms with Crippen LogP contribution in [0.4, 0.5) is 4.79 Å². The van der Waals surface area contributed by atoms with E-state index in [-0.39, 0.29) is 17.6 Å². The number of benzene rings is 1. The normalized spacial score (nSPS) is 15.5. The molecule has 2 amide bonds. The van der Waals surface area contributed by atoms with E-state index in [9.17, 15) is 14.4 Å². The number of piperazine rings is 1. The number of nitrogens with zero attached hydrogens (tertiary/aromatic N) is 4. The number of amides is 2. The smallest absolute Gasteiger partial charge is 0.409 e. The molecule has 0 unspecified atom stereocenters. The van der Waals surface area contributed by atoms with Gasteiger partial charge in [-0.1, -0.05) is 25.1 Å². The number of hydrogen-bond donors (Lipinski definition) is 0. The molecule has 1 fully saturated rings. The molecule has 0 saturated carbocycles. The van der Waals surface area contributed by atoms with E-state index in [4.69, 9.17) is 4.74 Å². The van der Waals surface area contributed by atoms with Gasteiger partial charge in [-0.2, -0.15) is 5.10 Å². The number of hydrogen-bond acceptors (Lipinski definition) is 6. The van der Waals surface area contributed by atoms with Gasteiger partial charge in [0.05, 0.1) is 22.4 Å². The zero-order valence-electron chi connectivity index (χ0n) is 18.0. The molecule has 0 radical (unpaired) electrons. The van der Waals surface area contributed by atoms with Gasteiger partial charge in [0, 0.05) is 36.3 Å². The number of rotatable bonds is 4. The van der Waals surface area contributed by atoms with Crippen molar-refractivity contribution in [1.82, 2.24) is 19.6 Å². The summed E-state index contributed by atoms with van der Waals surface area (Å²) in [5.74, 6) is -0.140. The van der Waals surface area contributed by atoms with Gasteiger partial charge in [0.2, 0.25) is 5.91 Å². The molecular weight excluding hydrogens is 416 g/mol. The number of fused-ring (bicyclic) bond motifs is 3. The van der Waals surface area contributed by atoms with Crippen molar-refractivity contribution in [1.29, 1.82) is 0 Å². The lowest BCUT2D eigenvalue weighted by Crippen LogP contribution is -2.53. The minimum Gasteiger partial charge on any atom is -0.450 e. The summed E-state index contributed by atoms with van der Waals surface area (Å²) in [7, 11) is 0. The maximum atomic E-state index is 13.4. The average molecular weight is 443 g/mol.